The molecular weight excluding hydrogens is 416 g/mol. The normalized spacial score (nSPS) is 14.9. The van der Waals surface area contributed by atoms with Crippen LogP contribution in [0.5, 0.6) is 11.5 Å². The Labute approximate surface area is 192 Å². The summed E-state index contributed by atoms with van der Waals surface area (Å²) in [6.45, 7) is 2.49. The molecule has 4 aromatic rings. The molecular formula is C26H24N4O3. The van der Waals surface area contributed by atoms with Crippen molar-refractivity contribution in [2.75, 3.05) is 14.2 Å². The predicted molar refractivity (Wildman–Crippen MR) is 124 cm³/mol. The number of benzene rings is 2. The molecule has 0 saturated heterocycles. The summed E-state index contributed by atoms with van der Waals surface area (Å²) in [5.74, 6) is 1.16. The second kappa shape index (κ2) is 8.43. The maximum Gasteiger partial charge on any atom is 0.273 e. The number of hydrogen-bond acceptors (Lipinski definition) is 5. The van der Waals surface area contributed by atoms with E-state index in [2.05, 4.69) is 15.2 Å². The number of pyridine rings is 1. The van der Waals surface area contributed by atoms with Crippen LogP contribution in [0.3, 0.4) is 0 Å². The van der Waals surface area contributed by atoms with Gasteiger partial charge in [-0.25, -0.2) is 0 Å². The summed E-state index contributed by atoms with van der Waals surface area (Å²) in [4.78, 5) is 19.5. The van der Waals surface area contributed by atoms with E-state index in [1.165, 1.54) is 0 Å². The van der Waals surface area contributed by atoms with Gasteiger partial charge in [0, 0.05) is 30.1 Å². The van der Waals surface area contributed by atoms with E-state index in [9.17, 15) is 4.79 Å². The lowest BCUT2D eigenvalue weighted by Gasteiger charge is -2.27. The van der Waals surface area contributed by atoms with Crippen molar-refractivity contribution in [3.05, 3.63) is 94.9 Å². The molecule has 1 aliphatic heterocycles. The zero-order valence-electron chi connectivity index (χ0n) is 18.7. The molecule has 1 atom stereocenters. The lowest BCUT2D eigenvalue weighted by molar-refractivity contribution is 0.0730. The van der Waals surface area contributed by atoms with Crippen LogP contribution in [0, 0.1) is 6.92 Å². The summed E-state index contributed by atoms with van der Waals surface area (Å²) >= 11 is 0. The number of H-pyrrole nitrogens is 1. The number of nitrogens with zero attached hydrogens (tertiary/aromatic N) is 3. The van der Waals surface area contributed by atoms with Gasteiger partial charge in [-0.15, -0.1) is 0 Å². The van der Waals surface area contributed by atoms with E-state index >= 15 is 0 Å². The zero-order valence-corrected chi connectivity index (χ0v) is 18.7. The third-order valence-corrected chi connectivity index (χ3v) is 6.01. The van der Waals surface area contributed by atoms with E-state index in [4.69, 9.17) is 9.47 Å². The first-order chi connectivity index (χ1) is 16.1. The number of fused-ring (bicyclic) bond motifs is 1. The average Bonchev–Trinajstić information content (AvgIpc) is 3.39. The van der Waals surface area contributed by atoms with Crippen molar-refractivity contribution in [1.29, 1.82) is 0 Å². The van der Waals surface area contributed by atoms with Gasteiger partial charge in [0.15, 0.2) is 11.5 Å². The number of methoxy groups -OCH3 is 2. The second-order valence-electron chi connectivity index (χ2n) is 8.03. The van der Waals surface area contributed by atoms with E-state index in [1.807, 2.05) is 66.4 Å². The largest absolute Gasteiger partial charge is 0.493 e. The summed E-state index contributed by atoms with van der Waals surface area (Å²) in [6, 6.07) is 17.4. The number of rotatable bonds is 6. The number of ether oxygens (including phenoxy) is 2. The Bertz CT molecular complexity index is 1300. The van der Waals surface area contributed by atoms with Crippen molar-refractivity contribution >= 4 is 5.91 Å². The van der Waals surface area contributed by atoms with Gasteiger partial charge < -0.3 is 14.4 Å². The Hall–Kier alpha value is -4.13. The number of carbonyl (C=O) groups is 1. The van der Waals surface area contributed by atoms with Gasteiger partial charge in [-0.1, -0.05) is 35.9 Å². The van der Waals surface area contributed by atoms with Gasteiger partial charge in [0.25, 0.3) is 5.91 Å². The number of aromatic nitrogens is 3. The summed E-state index contributed by atoms with van der Waals surface area (Å²) in [7, 11) is 3.22. The van der Waals surface area contributed by atoms with E-state index in [0.29, 0.717) is 23.7 Å². The monoisotopic (exact) mass is 440 g/mol. The molecule has 1 aliphatic rings. The van der Waals surface area contributed by atoms with Crippen LogP contribution in [-0.2, 0) is 6.54 Å². The molecule has 0 fully saturated rings. The molecule has 7 heteroatoms. The molecule has 0 bridgehead atoms. The average molecular weight is 441 g/mol. The molecule has 7 nitrogen and oxygen atoms in total. The van der Waals surface area contributed by atoms with Gasteiger partial charge in [0.1, 0.15) is 5.69 Å². The third kappa shape index (κ3) is 3.61. The third-order valence-electron chi connectivity index (χ3n) is 6.01. The van der Waals surface area contributed by atoms with Gasteiger partial charge in [-0.05, 0) is 42.3 Å². The highest BCUT2D eigenvalue weighted by Crippen LogP contribution is 2.45. The standard InChI is InChI=1S/C26H24N4O3/c1-16-4-6-18(7-5-16)23-22-24(29-28-23)26(31)30(15-17-10-12-27-13-11-17)25(22)19-8-9-20(32-2)21(14-19)33-3/h4-14,25H,15H2,1-3H3,(H,28,29). The van der Waals surface area contributed by atoms with Crippen molar-refractivity contribution in [3.63, 3.8) is 0 Å². The molecule has 2 aromatic heterocycles. The number of aryl methyl sites for hydroxylation is 1. The molecule has 1 unspecified atom stereocenters. The van der Waals surface area contributed by atoms with Crippen LogP contribution in [0.25, 0.3) is 11.3 Å². The molecule has 0 saturated carbocycles. The van der Waals surface area contributed by atoms with Crippen LogP contribution < -0.4 is 9.47 Å². The fraction of sp³-hybridized carbons (Fsp3) is 0.192. The molecule has 5 rings (SSSR count). The molecule has 1 amide bonds. The summed E-state index contributed by atoms with van der Waals surface area (Å²) in [5.41, 5.74) is 6.20. The topological polar surface area (TPSA) is 80.3 Å². The highest BCUT2D eigenvalue weighted by molar-refractivity contribution is 6.00. The zero-order chi connectivity index (χ0) is 22.9. The Balaban J connectivity index is 1.66. The number of hydrogen-bond donors (Lipinski definition) is 1. The van der Waals surface area contributed by atoms with E-state index < -0.39 is 0 Å². The summed E-state index contributed by atoms with van der Waals surface area (Å²) < 4.78 is 11.0. The van der Waals surface area contributed by atoms with Crippen LogP contribution >= 0.6 is 0 Å². The molecule has 0 aliphatic carbocycles. The van der Waals surface area contributed by atoms with Crippen LogP contribution in [0.1, 0.15) is 38.8 Å². The Morgan fingerprint density at radius 2 is 1.70 bits per heavy atom. The number of aromatic amines is 1. The molecule has 33 heavy (non-hydrogen) atoms. The van der Waals surface area contributed by atoms with Gasteiger partial charge >= 0.3 is 0 Å². The number of nitrogens with one attached hydrogen (secondary N) is 1. The minimum atomic E-state index is -0.337. The van der Waals surface area contributed by atoms with E-state index in [-0.39, 0.29) is 11.9 Å². The fourth-order valence-electron chi connectivity index (χ4n) is 4.35. The van der Waals surface area contributed by atoms with Gasteiger partial charge in [0.2, 0.25) is 0 Å². The van der Waals surface area contributed by atoms with Crippen molar-refractivity contribution < 1.29 is 14.3 Å². The SMILES string of the molecule is COc1ccc(C2c3c(-c4ccc(C)cc4)n[nH]c3C(=O)N2Cc2ccncc2)cc1OC. The lowest BCUT2D eigenvalue weighted by Crippen LogP contribution is -2.29. The van der Waals surface area contributed by atoms with Crippen LogP contribution in [-0.4, -0.2) is 40.2 Å². The Kier molecular flexibility index (Phi) is 5.30. The fourth-order valence-corrected chi connectivity index (χ4v) is 4.35. The highest BCUT2D eigenvalue weighted by Gasteiger charge is 2.42. The van der Waals surface area contributed by atoms with Gasteiger partial charge in [0.05, 0.1) is 26.0 Å². The summed E-state index contributed by atoms with van der Waals surface area (Å²) in [5, 5.41) is 7.55. The van der Waals surface area contributed by atoms with E-state index in [1.54, 1.807) is 26.6 Å². The minimum Gasteiger partial charge on any atom is -0.493 e. The Morgan fingerprint density at radius 3 is 2.39 bits per heavy atom. The number of amides is 1. The minimum absolute atomic E-state index is 0.0903. The lowest BCUT2D eigenvalue weighted by atomic mass is 9.95. The van der Waals surface area contributed by atoms with Crippen molar-refractivity contribution in [1.82, 2.24) is 20.1 Å². The number of carbonyl (C=O) groups excluding carboxylic acids is 1. The molecule has 0 spiro atoms. The second-order valence-corrected chi connectivity index (χ2v) is 8.03. The molecule has 2 aromatic carbocycles. The van der Waals surface area contributed by atoms with Crippen molar-refractivity contribution in [2.24, 2.45) is 0 Å². The first-order valence-corrected chi connectivity index (χ1v) is 10.7. The summed E-state index contributed by atoms with van der Waals surface area (Å²) in [6.07, 6.45) is 3.47. The van der Waals surface area contributed by atoms with Crippen molar-refractivity contribution in [2.45, 2.75) is 19.5 Å². The van der Waals surface area contributed by atoms with Crippen molar-refractivity contribution in [3.8, 4) is 22.8 Å². The Morgan fingerprint density at radius 1 is 0.970 bits per heavy atom. The van der Waals surface area contributed by atoms with Crippen LogP contribution in [0.2, 0.25) is 0 Å². The maximum atomic E-state index is 13.5. The van der Waals surface area contributed by atoms with Gasteiger partial charge in [-0.3, -0.25) is 14.9 Å². The molecule has 166 valence electrons. The molecule has 0 radical (unpaired) electrons. The van der Waals surface area contributed by atoms with Crippen LogP contribution in [0.4, 0.5) is 0 Å². The first-order valence-electron chi connectivity index (χ1n) is 10.7. The first kappa shape index (κ1) is 20.8. The predicted octanol–water partition coefficient (Wildman–Crippen LogP) is 4.54. The van der Waals surface area contributed by atoms with Gasteiger partial charge in [-0.2, -0.15) is 5.10 Å². The molecule has 1 N–H and O–H groups in total. The van der Waals surface area contributed by atoms with Crippen LogP contribution in [0.15, 0.2) is 67.0 Å². The highest BCUT2D eigenvalue weighted by atomic mass is 16.5. The molecule has 3 heterocycles. The smallest absolute Gasteiger partial charge is 0.273 e. The maximum absolute atomic E-state index is 13.5. The quantitative estimate of drug-likeness (QED) is 0.476. The van der Waals surface area contributed by atoms with E-state index in [0.717, 1.165) is 33.5 Å².